The van der Waals surface area contributed by atoms with Crippen LogP contribution in [0.3, 0.4) is 0 Å². The average Bonchev–Trinajstić information content (AvgIpc) is 2.85. The second-order valence-electron chi connectivity index (χ2n) is 11.9. The summed E-state index contributed by atoms with van der Waals surface area (Å²) in [7, 11) is 0. The van der Waals surface area contributed by atoms with Gasteiger partial charge in [0.05, 0.1) is 0 Å². The number of phenols is 2. The highest BCUT2D eigenvalue weighted by molar-refractivity contribution is 5.51. The summed E-state index contributed by atoms with van der Waals surface area (Å²) in [6.07, 6.45) is 30.4. The zero-order chi connectivity index (χ0) is 26.0. The van der Waals surface area contributed by atoms with Crippen molar-refractivity contribution in [3.63, 3.8) is 0 Å². The number of hydrogen-bond acceptors (Lipinski definition) is 2. The Morgan fingerprint density at radius 3 is 1.53 bits per heavy atom. The van der Waals surface area contributed by atoms with Crippen LogP contribution in [0.25, 0.3) is 0 Å². The Bertz CT molecular complexity index is 712. The third-order valence-electron chi connectivity index (χ3n) is 8.42. The van der Waals surface area contributed by atoms with Crippen LogP contribution in [0.4, 0.5) is 0 Å². The minimum absolute atomic E-state index is 0.123. The summed E-state index contributed by atoms with van der Waals surface area (Å²) >= 11 is 0. The molecule has 0 heterocycles. The number of benzene rings is 1. The Balaban J connectivity index is 1.47. The third kappa shape index (κ3) is 12.2. The van der Waals surface area contributed by atoms with E-state index in [1.807, 2.05) is 12.1 Å². The van der Waals surface area contributed by atoms with Crippen LogP contribution in [0.15, 0.2) is 23.8 Å². The molecule has 36 heavy (non-hydrogen) atoms. The smallest absolute Gasteiger partial charge is 0.123 e. The van der Waals surface area contributed by atoms with Crippen molar-refractivity contribution in [2.24, 2.45) is 5.92 Å². The highest BCUT2D eigenvalue weighted by Crippen LogP contribution is 2.44. The zero-order valence-corrected chi connectivity index (χ0v) is 24.1. The summed E-state index contributed by atoms with van der Waals surface area (Å²) in [5.74, 6) is 1.12. The van der Waals surface area contributed by atoms with Gasteiger partial charge in [-0.15, -0.1) is 0 Å². The van der Waals surface area contributed by atoms with Gasteiger partial charge < -0.3 is 10.2 Å². The molecule has 0 fully saturated rings. The fourth-order valence-corrected chi connectivity index (χ4v) is 5.95. The van der Waals surface area contributed by atoms with Crippen molar-refractivity contribution < 1.29 is 10.2 Å². The molecule has 0 amide bonds. The van der Waals surface area contributed by atoms with Crippen molar-refractivity contribution in [1.29, 1.82) is 0 Å². The van der Waals surface area contributed by atoms with Gasteiger partial charge in [-0.1, -0.05) is 135 Å². The molecule has 0 radical (unpaired) electrons. The summed E-state index contributed by atoms with van der Waals surface area (Å²) in [6.45, 7) is 6.66. The molecule has 206 valence electrons. The molecule has 0 aliphatic heterocycles. The Hall–Kier alpha value is -1.44. The molecule has 0 saturated heterocycles. The number of aromatic hydroxyl groups is 2. The SMILES string of the molecule is CCCCCCCCCCCCCCCCCCCCc1cc(O)c([C@@H]2C=C(C)CC[C@@H]2C)c(O)c1. The molecule has 1 aliphatic carbocycles. The molecule has 2 atom stereocenters. The molecular formula is C34H58O2. The van der Waals surface area contributed by atoms with E-state index in [4.69, 9.17) is 0 Å². The van der Waals surface area contributed by atoms with E-state index in [2.05, 4.69) is 26.8 Å². The Morgan fingerprint density at radius 2 is 1.08 bits per heavy atom. The van der Waals surface area contributed by atoms with E-state index in [0.717, 1.165) is 36.8 Å². The zero-order valence-electron chi connectivity index (χ0n) is 24.1. The van der Waals surface area contributed by atoms with Gasteiger partial charge in [0.2, 0.25) is 0 Å². The normalized spacial score (nSPS) is 17.9. The van der Waals surface area contributed by atoms with Gasteiger partial charge in [-0.05, 0) is 56.2 Å². The molecule has 1 aliphatic rings. The predicted octanol–water partition coefficient (Wildman–Crippen LogP) is 11.1. The predicted molar refractivity (Wildman–Crippen MR) is 157 cm³/mol. The highest BCUT2D eigenvalue weighted by atomic mass is 16.3. The standard InChI is InChI=1S/C34H58O2/c1-4-5-6-7-8-9-10-11-12-13-14-15-16-17-18-19-20-21-22-30-26-32(35)34(33(36)27-30)31-25-28(2)23-24-29(31)3/h25-27,29,31,35-36H,4-24H2,1-3H3/t29-,31+/m0/s1. The molecule has 2 nitrogen and oxygen atoms in total. The van der Waals surface area contributed by atoms with Crippen molar-refractivity contribution in [3.8, 4) is 11.5 Å². The third-order valence-corrected chi connectivity index (χ3v) is 8.42. The lowest BCUT2D eigenvalue weighted by atomic mass is 9.77. The first-order valence-corrected chi connectivity index (χ1v) is 15.7. The van der Waals surface area contributed by atoms with Crippen molar-refractivity contribution in [2.45, 2.75) is 162 Å². The molecule has 1 aromatic carbocycles. The first-order valence-electron chi connectivity index (χ1n) is 15.7. The van der Waals surface area contributed by atoms with Gasteiger partial charge in [0.25, 0.3) is 0 Å². The molecule has 2 rings (SSSR count). The number of hydrogen-bond donors (Lipinski definition) is 2. The van der Waals surface area contributed by atoms with Gasteiger partial charge in [-0.2, -0.15) is 0 Å². The number of phenolic OH excluding ortho intramolecular Hbond substituents is 2. The molecule has 2 N–H and O–H groups in total. The summed E-state index contributed by atoms with van der Waals surface area (Å²) in [4.78, 5) is 0. The van der Waals surface area contributed by atoms with Gasteiger partial charge in [0.15, 0.2) is 0 Å². The summed E-state index contributed by atoms with van der Waals surface area (Å²) in [6, 6.07) is 3.79. The second-order valence-corrected chi connectivity index (χ2v) is 11.9. The van der Waals surface area contributed by atoms with E-state index in [-0.39, 0.29) is 17.4 Å². The van der Waals surface area contributed by atoms with E-state index >= 15 is 0 Å². The monoisotopic (exact) mass is 498 g/mol. The van der Waals surface area contributed by atoms with Crippen LogP contribution in [-0.2, 0) is 6.42 Å². The summed E-state index contributed by atoms with van der Waals surface area (Å²) in [5.41, 5.74) is 3.15. The molecule has 0 saturated carbocycles. The Kier molecular flexibility index (Phi) is 16.0. The number of allylic oxidation sites excluding steroid dienone is 2. The van der Waals surface area contributed by atoms with Crippen LogP contribution in [0.2, 0.25) is 0 Å². The van der Waals surface area contributed by atoms with Gasteiger partial charge >= 0.3 is 0 Å². The van der Waals surface area contributed by atoms with Crippen LogP contribution < -0.4 is 0 Å². The fourth-order valence-electron chi connectivity index (χ4n) is 5.95. The number of unbranched alkanes of at least 4 members (excludes halogenated alkanes) is 17. The second kappa shape index (κ2) is 18.8. The maximum atomic E-state index is 10.7. The maximum absolute atomic E-state index is 10.7. The van der Waals surface area contributed by atoms with Gasteiger partial charge in [-0.3, -0.25) is 0 Å². The van der Waals surface area contributed by atoms with E-state index in [0.29, 0.717) is 5.92 Å². The minimum Gasteiger partial charge on any atom is -0.507 e. The quantitative estimate of drug-likeness (QED) is 0.139. The van der Waals surface area contributed by atoms with Crippen LogP contribution in [0.1, 0.15) is 166 Å². The maximum Gasteiger partial charge on any atom is 0.123 e. The average molecular weight is 499 g/mol. The Morgan fingerprint density at radius 1 is 0.667 bits per heavy atom. The molecular weight excluding hydrogens is 440 g/mol. The van der Waals surface area contributed by atoms with Crippen LogP contribution >= 0.6 is 0 Å². The number of aryl methyl sites for hydroxylation is 1. The molecule has 0 spiro atoms. The first-order chi connectivity index (χ1) is 17.5. The van der Waals surface area contributed by atoms with Crippen molar-refractivity contribution in [3.05, 3.63) is 34.9 Å². The van der Waals surface area contributed by atoms with Crippen LogP contribution in [-0.4, -0.2) is 10.2 Å². The minimum atomic E-state index is 0.123. The van der Waals surface area contributed by atoms with Crippen molar-refractivity contribution in [1.82, 2.24) is 0 Å². The first kappa shape index (κ1) is 30.8. The Labute approximate surface area is 224 Å². The number of rotatable bonds is 20. The lowest BCUT2D eigenvalue weighted by molar-refractivity contribution is 0.397. The molecule has 0 bridgehead atoms. The van der Waals surface area contributed by atoms with E-state index in [9.17, 15) is 10.2 Å². The summed E-state index contributed by atoms with van der Waals surface area (Å²) < 4.78 is 0. The van der Waals surface area contributed by atoms with Gasteiger partial charge in [0, 0.05) is 11.5 Å². The summed E-state index contributed by atoms with van der Waals surface area (Å²) in [5, 5.41) is 21.4. The van der Waals surface area contributed by atoms with Gasteiger partial charge in [0.1, 0.15) is 11.5 Å². The topological polar surface area (TPSA) is 40.5 Å². The van der Waals surface area contributed by atoms with Crippen LogP contribution in [0, 0.1) is 5.92 Å². The molecule has 1 aromatic rings. The van der Waals surface area contributed by atoms with Crippen LogP contribution in [0.5, 0.6) is 11.5 Å². The lowest BCUT2D eigenvalue weighted by Gasteiger charge is -2.28. The molecule has 2 heteroatoms. The fraction of sp³-hybridized carbons (Fsp3) is 0.765. The highest BCUT2D eigenvalue weighted by Gasteiger charge is 2.26. The lowest BCUT2D eigenvalue weighted by Crippen LogP contribution is -2.13. The van der Waals surface area contributed by atoms with E-state index < -0.39 is 0 Å². The van der Waals surface area contributed by atoms with E-state index in [1.165, 1.54) is 115 Å². The van der Waals surface area contributed by atoms with Gasteiger partial charge in [-0.25, -0.2) is 0 Å². The molecule has 0 unspecified atom stereocenters. The van der Waals surface area contributed by atoms with Crippen molar-refractivity contribution >= 4 is 0 Å². The van der Waals surface area contributed by atoms with Crippen molar-refractivity contribution in [2.75, 3.05) is 0 Å². The molecule has 0 aromatic heterocycles. The largest absolute Gasteiger partial charge is 0.507 e. The van der Waals surface area contributed by atoms with E-state index in [1.54, 1.807) is 0 Å².